The lowest BCUT2D eigenvalue weighted by Gasteiger charge is -2.36. The zero-order valence-electron chi connectivity index (χ0n) is 35.9. The first-order valence-corrected chi connectivity index (χ1v) is 23.6. The Morgan fingerprint density at radius 1 is 0.750 bits per heavy atom. The number of hydrogen-bond acceptors (Lipinski definition) is 13. The van der Waals surface area contributed by atoms with E-state index in [2.05, 4.69) is 45.4 Å². The van der Waals surface area contributed by atoms with Gasteiger partial charge in [-0.15, -0.1) is 0 Å². The highest BCUT2D eigenvalue weighted by Crippen LogP contribution is 2.48. The highest BCUT2D eigenvalue weighted by atomic mass is 35.5. The van der Waals surface area contributed by atoms with Gasteiger partial charge in [-0.2, -0.15) is 0 Å². The summed E-state index contributed by atoms with van der Waals surface area (Å²) in [5.74, 6) is -2.29. The summed E-state index contributed by atoms with van der Waals surface area (Å²) in [6, 6.07) is 18.0. The monoisotopic (exact) mass is 919 g/mol. The Labute approximate surface area is 382 Å². The number of aliphatic hydroxyl groups is 4. The van der Waals surface area contributed by atoms with Crippen molar-refractivity contribution in [2.24, 2.45) is 0 Å². The van der Waals surface area contributed by atoms with Crippen LogP contribution >= 0.6 is 23.4 Å². The van der Waals surface area contributed by atoms with Crippen LogP contribution < -0.4 is 15.0 Å². The number of piperidine rings is 1. The third-order valence-corrected chi connectivity index (χ3v) is 13.9. The number of carbonyl (C=O) groups is 5. The second-order valence-electron chi connectivity index (χ2n) is 17.1. The molecule has 0 bridgehead atoms. The predicted molar refractivity (Wildman–Crippen MR) is 241 cm³/mol. The molecule has 17 heteroatoms. The summed E-state index contributed by atoms with van der Waals surface area (Å²) < 4.78 is 5.80. The number of hydrogen-bond donors (Lipinski definition) is 5. The van der Waals surface area contributed by atoms with Gasteiger partial charge in [0.1, 0.15) is 11.8 Å². The minimum Gasteiger partial charge on any atom is -0.493 e. The van der Waals surface area contributed by atoms with Gasteiger partial charge >= 0.3 is 0 Å². The number of ether oxygens (including phenoxy) is 1. The van der Waals surface area contributed by atoms with Crippen molar-refractivity contribution in [2.45, 2.75) is 117 Å². The average molecular weight is 921 g/mol. The van der Waals surface area contributed by atoms with Crippen molar-refractivity contribution >= 4 is 64.3 Å². The summed E-state index contributed by atoms with van der Waals surface area (Å²) in [6.45, 7) is 4.70. The van der Waals surface area contributed by atoms with E-state index in [0.717, 1.165) is 48.2 Å². The number of aliphatic hydroxyl groups excluding tert-OH is 4. The number of para-hydroxylation sites is 1. The molecule has 5 unspecified atom stereocenters. The fourth-order valence-corrected chi connectivity index (χ4v) is 10.0. The number of carbonyl (C=O) groups excluding carboxylic acids is 5. The van der Waals surface area contributed by atoms with Crippen LogP contribution in [0.4, 0.5) is 11.4 Å². The fraction of sp³-hybridized carbons (Fsp3) is 0.511. The van der Waals surface area contributed by atoms with Crippen LogP contribution in [-0.2, 0) is 14.4 Å². The highest BCUT2D eigenvalue weighted by molar-refractivity contribution is 7.99. The molecule has 5 amide bonds. The Balaban J connectivity index is 0.727. The lowest BCUT2D eigenvalue weighted by molar-refractivity contribution is -0.136. The van der Waals surface area contributed by atoms with Crippen LogP contribution in [0.15, 0.2) is 70.5 Å². The lowest BCUT2D eigenvalue weighted by atomic mass is 9.99. The van der Waals surface area contributed by atoms with E-state index in [9.17, 15) is 44.4 Å². The number of anilines is 2. The topological polar surface area (TPSA) is 200 Å². The van der Waals surface area contributed by atoms with E-state index in [1.165, 1.54) is 27.6 Å². The Morgan fingerprint density at radius 2 is 1.41 bits per heavy atom. The molecule has 4 aliphatic heterocycles. The number of benzene rings is 3. The molecule has 64 heavy (non-hydrogen) atoms. The third-order valence-electron chi connectivity index (χ3n) is 12.5. The van der Waals surface area contributed by atoms with Gasteiger partial charge in [0.25, 0.3) is 11.8 Å². The minimum atomic E-state index is -1.09. The molecule has 7 rings (SSSR count). The number of amides is 5. The van der Waals surface area contributed by atoms with Crippen molar-refractivity contribution in [3.63, 3.8) is 0 Å². The van der Waals surface area contributed by atoms with Gasteiger partial charge in [0.2, 0.25) is 17.7 Å². The van der Waals surface area contributed by atoms with Crippen LogP contribution in [0.2, 0.25) is 5.02 Å². The molecule has 2 fully saturated rings. The van der Waals surface area contributed by atoms with E-state index in [1.54, 1.807) is 17.8 Å². The summed E-state index contributed by atoms with van der Waals surface area (Å²) in [5.41, 5.74) is 2.46. The van der Waals surface area contributed by atoms with Crippen molar-refractivity contribution in [3.05, 3.63) is 76.8 Å². The number of nitrogens with zero attached hydrogens (tertiary/aromatic N) is 4. The smallest absolute Gasteiger partial charge is 0.266 e. The van der Waals surface area contributed by atoms with Gasteiger partial charge in [0, 0.05) is 66.8 Å². The molecule has 0 aliphatic carbocycles. The SMILES string of the molecule is O=C1CCC(N2C(=O)c3cccc(OCCC(O)CCC(O)CCC(O)CCC(O)CCC(=O)N4CCN(CCCN5c6ccccc6Sc6ccc(Cl)cc65)CC4)c3C2=O)C(=O)N1. The van der Waals surface area contributed by atoms with E-state index in [1.807, 2.05) is 17.0 Å². The maximum absolute atomic E-state index is 13.3. The lowest BCUT2D eigenvalue weighted by Crippen LogP contribution is -2.54. The average Bonchev–Trinajstić information content (AvgIpc) is 3.54. The second kappa shape index (κ2) is 22.1. The van der Waals surface area contributed by atoms with Gasteiger partial charge in [0.15, 0.2) is 0 Å². The molecule has 2 saturated heterocycles. The Morgan fingerprint density at radius 3 is 2.11 bits per heavy atom. The van der Waals surface area contributed by atoms with Gasteiger partial charge in [-0.1, -0.05) is 41.6 Å². The molecule has 4 aliphatic rings. The number of fused-ring (bicyclic) bond motifs is 3. The van der Waals surface area contributed by atoms with Crippen molar-refractivity contribution in [1.82, 2.24) is 20.0 Å². The van der Waals surface area contributed by atoms with Gasteiger partial charge < -0.3 is 35.0 Å². The summed E-state index contributed by atoms with van der Waals surface area (Å²) in [7, 11) is 0. The first kappa shape index (κ1) is 47.4. The normalized spacial score (nSPS) is 19.5. The molecule has 15 nitrogen and oxygen atoms in total. The van der Waals surface area contributed by atoms with Crippen LogP contribution in [0.3, 0.4) is 0 Å². The molecule has 4 heterocycles. The quantitative estimate of drug-likeness (QED) is 0.0905. The van der Waals surface area contributed by atoms with E-state index < -0.39 is 54.1 Å². The number of imide groups is 2. The molecule has 0 saturated carbocycles. The van der Waals surface area contributed by atoms with E-state index in [0.29, 0.717) is 51.6 Å². The van der Waals surface area contributed by atoms with Gasteiger partial charge in [-0.25, -0.2) is 0 Å². The summed E-state index contributed by atoms with van der Waals surface area (Å²) >= 11 is 8.15. The number of piperazine rings is 1. The van der Waals surface area contributed by atoms with Crippen LogP contribution in [0.25, 0.3) is 0 Å². The number of rotatable bonds is 21. The highest BCUT2D eigenvalue weighted by Gasteiger charge is 2.46. The first-order valence-electron chi connectivity index (χ1n) is 22.4. The Hall–Kier alpha value is -4.55. The number of halogens is 1. The molecule has 5 atom stereocenters. The maximum Gasteiger partial charge on any atom is 0.266 e. The fourth-order valence-electron chi connectivity index (χ4n) is 8.81. The molecular weight excluding hydrogens is 862 g/mol. The zero-order valence-corrected chi connectivity index (χ0v) is 37.5. The van der Waals surface area contributed by atoms with Crippen molar-refractivity contribution in [3.8, 4) is 5.75 Å². The summed E-state index contributed by atoms with van der Waals surface area (Å²) in [4.78, 5) is 73.2. The third kappa shape index (κ3) is 11.8. The Bertz CT molecular complexity index is 2170. The number of nitrogens with one attached hydrogen (secondary N) is 1. The van der Waals surface area contributed by atoms with Crippen LogP contribution in [-0.4, -0.2) is 141 Å². The van der Waals surface area contributed by atoms with Gasteiger partial charge in [0.05, 0.1) is 53.5 Å². The molecule has 0 aromatic heterocycles. The molecular formula is C47H58ClN5O10S. The van der Waals surface area contributed by atoms with E-state index in [4.69, 9.17) is 16.3 Å². The zero-order chi connectivity index (χ0) is 45.3. The van der Waals surface area contributed by atoms with Crippen molar-refractivity contribution in [2.75, 3.05) is 50.8 Å². The summed E-state index contributed by atoms with van der Waals surface area (Å²) in [5, 5.41) is 45.1. The van der Waals surface area contributed by atoms with E-state index in [-0.39, 0.29) is 61.5 Å². The summed E-state index contributed by atoms with van der Waals surface area (Å²) in [6.07, 6.45) is 0.630. The second-order valence-corrected chi connectivity index (χ2v) is 18.6. The van der Waals surface area contributed by atoms with Crippen LogP contribution in [0, 0.1) is 0 Å². The van der Waals surface area contributed by atoms with E-state index >= 15 is 0 Å². The van der Waals surface area contributed by atoms with Crippen LogP contribution in [0.1, 0.15) is 97.8 Å². The molecule has 3 aromatic rings. The molecule has 3 aromatic carbocycles. The van der Waals surface area contributed by atoms with Crippen molar-refractivity contribution < 1.29 is 49.1 Å². The molecule has 0 spiro atoms. The van der Waals surface area contributed by atoms with Gasteiger partial charge in [-0.05, 0) is 107 Å². The molecule has 0 radical (unpaired) electrons. The first-order chi connectivity index (χ1) is 30.9. The largest absolute Gasteiger partial charge is 0.493 e. The standard InChI is InChI=1S/C47H58ClN5O10S/c48-30-9-18-41-38(29-30)52(36-6-1-2-8-40(36)64-41)23-4-22-50-24-26-51(27-25-50)43(59)20-16-33(56)13-12-31(54)10-11-32(55)14-15-34(57)21-28-63-39-7-3-5-35-44(39)47(62)53(46(35)61)37-17-19-42(58)49-45(37)60/h1-3,5-9,18,29,31-34,37,54-57H,4,10-17,19-28H2,(H,49,58,60). The predicted octanol–water partition coefficient (Wildman–Crippen LogP) is 4.91. The maximum atomic E-state index is 13.3. The van der Waals surface area contributed by atoms with Crippen molar-refractivity contribution in [1.29, 1.82) is 0 Å². The van der Waals surface area contributed by atoms with Gasteiger partial charge in [-0.3, -0.25) is 39.1 Å². The molecule has 344 valence electrons. The minimum absolute atomic E-state index is 0.0140. The molecule has 5 N–H and O–H groups in total. The Kier molecular flexibility index (Phi) is 16.4. The van der Waals surface area contributed by atoms with Crippen LogP contribution in [0.5, 0.6) is 5.75 Å².